The van der Waals surface area contributed by atoms with Crippen molar-refractivity contribution in [3.63, 3.8) is 0 Å². The molecular formula is C17H13BrClNO3. The molecule has 0 atom stereocenters. The highest BCUT2D eigenvalue weighted by Crippen LogP contribution is 2.36. The number of carbonyl (C=O) groups is 2. The Kier molecular flexibility index (Phi) is 4.41. The number of ketones is 1. The molecule has 0 aliphatic carbocycles. The second-order valence-corrected chi connectivity index (χ2v) is 6.52. The van der Waals surface area contributed by atoms with Gasteiger partial charge in [0.15, 0.2) is 0 Å². The van der Waals surface area contributed by atoms with Crippen LogP contribution in [0.1, 0.15) is 15.9 Å². The van der Waals surface area contributed by atoms with Crippen LogP contribution in [0.25, 0.3) is 0 Å². The Hall–Kier alpha value is -1.85. The molecule has 1 heterocycles. The number of hydrogen-bond acceptors (Lipinski definition) is 3. The van der Waals surface area contributed by atoms with Gasteiger partial charge >= 0.3 is 0 Å². The minimum absolute atomic E-state index is 0.278. The summed E-state index contributed by atoms with van der Waals surface area (Å²) in [5.41, 5.74) is 1.98. The summed E-state index contributed by atoms with van der Waals surface area (Å²) in [7, 11) is 0. The number of ether oxygens (including phenoxy) is 1. The van der Waals surface area contributed by atoms with Crippen molar-refractivity contribution >= 4 is 44.9 Å². The number of benzene rings is 2. The second-order valence-electron chi connectivity index (χ2n) is 5.23. The summed E-state index contributed by atoms with van der Waals surface area (Å²) >= 11 is 9.26. The zero-order chi connectivity index (χ0) is 16.6. The third-order valence-corrected chi connectivity index (χ3v) is 4.42. The second kappa shape index (κ2) is 6.34. The van der Waals surface area contributed by atoms with E-state index in [9.17, 15) is 9.59 Å². The summed E-state index contributed by atoms with van der Waals surface area (Å²) in [4.78, 5) is 25.8. The molecule has 1 amide bonds. The Labute approximate surface area is 147 Å². The number of carbonyl (C=O) groups excluding carboxylic acids is 2. The van der Waals surface area contributed by atoms with E-state index in [1.54, 1.807) is 30.3 Å². The number of anilines is 1. The van der Waals surface area contributed by atoms with Gasteiger partial charge in [-0.25, -0.2) is 0 Å². The Balaban J connectivity index is 1.75. The van der Waals surface area contributed by atoms with E-state index in [2.05, 4.69) is 15.9 Å². The minimum Gasteiger partial charge on any atom is -0.492 e. The fourth-order valence-corrected chi connectivity index (χ4v) is 3.43. The van der Waals surface area contributed by atoms with Crippen LogP contribution >= 0.6 is 27.5 Å². The van der Waals surface area contributed by atoms with Gasteiger partial charge in [-0.05, 0) is 64.8 Å². The Bertz CT molecular complexity index is 789. The van der Waals surface area contributed by atoms with Gasteiger partial charge in [-0.2, -0.15) is 0 Å². The maximum Gasteiger partial charge on any atom is 0.299 e. The largest absolute Gasteiger partial charge is 0.492 e. The first kappa shape index (κ1) is 16.0. The van der Waals surface area contributed by atoms with Crippen LogP contribution in [0.15, 0.2) is 40.9 Å². The average molecular weight is 395 g/mol. The number of amides is 1. The van der Waals surface area contributed by atoms with E-state index in [0.717, 1.165) is 10.0 Å². The normalized spacial score (nSPS) is 13.4. The molecule has 0 saturated carbocycles. The molecule has 3 rings (SSSR count). The molecule has 0 saturated heterocycles. The molecule has 0 aromatic heterocycles. The SMILES string of the molecule is Cc1cc(Br)c2c(c1)C(=O)C(=O)N2CCOc1ccc(Cl)cc1. The van der Waals surface area contributed by atoms with Crippen LogP contribution in [-0.4, -0.2) is 24.8 Å². The highest BCUT2D eigenvalue weighted by molar-refractivity contribution is 9.10. The monoisotopic (exact) mass is 393 g/mol. The predicted octanol–water partition coefficient (Wildman–Crippen LogP) is 4.02. The number of Topliss-reactive ketones (excluding diaryl/α,β-unsaturated/α-hetero) is 1. The van der Waals surface area contributed by atoms with E-state index < -0.39 is 11.7 Å². The molecule has 1 aliphatic heterocycles. The zero-order valence-corrected chi connectivity index (χ0v) is 14.6. The third-order valence-electron chi connectivity index (χ3n) is 3.56. The van der Waals surface area contributed by atoms with Crippen LogP contribution in [0.2, 0.25) is 5.02 Å². The highest BCUT2D eigenvalue weighted by atomic mass is 79.9. The lowest BCUT2D eigenvalue weighted by atomic mass is 10.1. The topological polar surface area (TPSA) is 46.6 Å². The van der Waals surface area contributed by atoms with Gasteiger partial charge < -0.3 is 9.64 Å². The van der Waals surface area contributed by atoms with Crippen molar-refractivity contribution in [3.05, 3.63) is 57.0 Å². The van der Waals surface area contributed by atoms with Crippen molar-refractivity contribution in [1.29, 1.82) is 0 Å². The van der Waals surface area contributed by atoms with Gasteiger partial charge in [0.25, 0.3) is 11.7 Å². The third kappa shape index (κ3) is 3.12. The maximum absolute atomic E-state index is 12.2. The molecule has 2 aromatic rings. The Morgan fingerprint density at radius 1 is 1.17 bits per heavy atom. The molecule has 0 bridgehead atoms. The van der Waals surface area contributed by atoms with E-state index >= 15 is 0 Å². The molecule has 6 heteroatoms. The number of nitrogens with zero attached hydrogens (tertiary/aromatic N) is 1. The number of fused-ring (bicyclic) bond motifs is 1. The lowest BCUT2D eigenvalue weighted by Gasteiger charge is -2.18. The van der Waals surface area contributed by atoms with E-state index in [1.807, 2.05) is 13.0 Å². The van der Waals surface area contributed by atoms with E-state index in [1.165, 1.54) is 4.90 Å². The summed E-state index contributed by atoms with van der Waals surface area (Å²) in [6.07, 6.45) is 0. The maximum atomic E-state index is 12.2. The van der Waals surface area contributed by atoms with Crippen molar-refractivity contribution in [2.45, 2.75) is 6.92 Å². The molecule has 0 N–H and O–H groups in total. The fourth-order valence-electron chi connectivity index (χ4n) is 2.52. The molecule has 2 aromatic carbocycles. The highest BCUT2D eigenvalue weighted by Gasteiger charge is 2.37. The van der Waals surface area contributed by atoms with Crippen molar-refractivity contribution in [2.24, 2.45) is 0 Å². The molecule has 118 valence electrons. The van der Waals surface area contributed by atoms with Gasteiger partial charge in [-0.15, -0.1) is 0 Å². The lowest BCUT2D eigenvalue weighted by molar-refractivity contribution is -0.114. The molecular weight excluding hydrogens is 382 g/mol. The first-order chi connectivity index (χ1) is 11.0. The van der Waals surface area contributed by atoms with E-state index in [0.29, 0.717) is 28.6 Å². The van der Waals surface area contributed by atoms with Gasteiger partial charge in [0.1, 0.15) is 12.4 Å². The van der Waals surface area contributed by atoms with Crippen LogP contribution in [0.5, 0.6) is 5.75 Å². The van der Waals surface area contributed by atoms with Crippen LogP contribution in [0, 0.1) is 6.92 Å². The first-order valence-electron chi connectivity index (χ1n) is 7.02. The zero-order valence-electron chi connectivity index (χ0n) is 12.3. The quantitative estimate of drug-likeness (QED) is 0.736. The molecule has 0 spiro atoms. The summed E-state index contributed by atoms with van der Waals surface area (Å²) in [5.74, 6) is -0.336. The number of halogens is 2. The van der Waals surface area contributed by atoms with E-state index in [4.69, 9.17) is 16.3 Å². The standard InChI is InChI=1S/C17H13BrClNO3/c1-10-8-13-15(14(18)9-10)20(17(22)16(13)21)6-7-23-12-4-2-11(19)3-5-12/h2-5,8-9H,6-7H2,1H3. The number of aryl methyl sites for hydroxylation is 1. The summed E-state index contributed by atoms with van der Waals surface area (Å²) in [6.45, 7) is 2.46. The summed E-state index contributed by atoms with van der Waals surface area (Å²) < 4.78 is 6.34. The van der Waals surface area contributed by atoms with Crippen molar-refractivity contribution < 1.29 is 14.3 Å². The van der Waals surface area contributed by atoms with Gasteiger partial charge in [0.2, 0.25) is 0 Å². The molecule has 0 radical (unpaired) electrons. The molecule has 4 nitrogen and oxygen atoms in total. The summed E-state index contributed by atoms with van der Waals surface area (Å²) in [5, 5.41) is 0.630. The fraction of sp³-hybridized carbons (Fsp3) is 0.176. The number of hydrogen-bond donors (Lipinski definition) is 0. The number of rotatable bonds is 4. The average Bonchev–Trinajstić information content (AvgIpc) is 2.74. The van der Waals surface area contributed by atoms with Gasteiger partial charge in [0.05, 0.1) is 17.8 Å². The molecule has 1 aliphatic rings. The van der Waals surface area contributed by atoms with Gasteiger partial charge in [0, 0.05) is 9.50 Å². The van der Waals surface area contributed by atoms with Crippen LogP contribution in [0.4, 0.5) is 5.69 Å². The van der Waals surface area contributed by atoms with Gasteiger partial charge in [-0.3, -0.25) is 9.59 Å². The van der Waals surface area contributed by atoms with Crippen LogP contribution in [-0.2, 0) is 4.79 Å². The van der Waals surface area contributed by atoms with Crippen molar-refractivity contribution in [3.8, 4) is 5.75 Å². The van der Waals surface area contributed by atoms with Crippen molar-refractivity contribution in [2.75, 3.05) is 18.1 Å². The van der Waals surface area contributed by atoms with E-state index in [-0.39, 0.29) is 6.61 Å². The first-order valence-corrected chi connectivity index (χ1v) is 8.19. The lowest BCUT2D eigenvalue weighted by Crippen LogP contribution is -2.33. The summed E-state index contributed by atoms with van der Waals surface area (Å²) in [6, 6.07) is 10.6. The minimum atomic E-state index is -0.522. The molecule has 0 unspecified atom stereocenters. The van der Waals surface area contributed by atoms with Crippen LogP contribution < -0.4 is 9.64 Å². The predicted molar refractivity (Wildman–Crippen MR) is 92.5 cm³/mol. The Morgan fingerprint density at radius 3 is 2.57 bits per heavy atom. The smallest absolute Gasteiger partial charge is 0.299 e. The van der Waals surface area contributed by atoms with Crippen molar-refractivity contribution in [1.82, 2.24) is 0 Å². The molecule has 0 fully saturated rings. The van der Waals surface area contributed by atoms with Crippen LogP contribution in [0.3, 0.4) is 0 Å². The Morgan fingerprint density at radius 2 is 1.87 bits per heavy atom. The van der Waals surface area contributed by atoms with Gasteiger partial charge in [-0.1, -0.05) is 11.6 Å². The molecule has 23 heavy (non-hydrogen) atoms.